The normalized spacial score (nSPS) is 13.7. The van der Waals surface area contributed by atoms with Gasteiger partial charge in [-0.05, 0) is 23.1 Å². The fraction of sp³-hybridized carbons (Fsp3) is 0.316. The van der Waals surface area contributed by atoms with Gasteiger partial charge in [0, 0.05) is 31.0 Å². The lowest BCUT2D eigenvalue weighted by atomic mass is 10.00. The molecule has 0 saturated heterocycles. The van der Waals surface area contributed by atoms with E-state index in [1.807, 2.05) is 22.7 Å². The van der Waals surface area contributed by atoms with Crippen LogP contribution in [-0.2, 0) is 23.5 Å². The summed E-state index contributed by atoms with van der Waals surface area (Å²) in [7, 11) is 0. The van der Waals surface area contributed by atoms with Crippen LogP contribution in [0.2, 0.25) is 0 Å². The molecule has 0 bridgehead atoms. The lowest BCUT2D eigenvalue weighted by Gasteiger charge is -2.28. The first-order valence-corrected chi connectivity index (χ1v) is 8.94. The molecule has 114 valence electrons. The lowest BCUT2D eigenvalue weighted by molar-refractivity contribution is -0.131. The van der Waals surface area contributed by atoms with E-state index < -0.39 is 0 Å². The summed E-state index contributed by atoms with van der Waals surface area (Å²) >= 11 is 1.84. The van der Waals surface area contributed by atoms with Crippen LogP contribution in [0.3, 0.4) is 0 Å². The van der Waals surface area contributed by atoms with Crippen molar-refractivity contribution in [3.05, 3.63) is 71.3 Å². The number of carbonyl (C=O) groups is 1. The van der Waals surface area contributed by atoms with Crippen LogP contribution in [0.5, 0.6) is 0 Å². The van der Waals surface area contributed by atoms with Gasteiger partial charge < -0.3 is 4.90 Å². The first kappa shape index (κ1) is 15.2. The molecule has 2 nitrogen and oxygen atoms in total. The Labute approximate surface area is 136 Å². The number of benzene rings is 2. The molecule has 1 amide bonds. The maximum Gasteiger partial charge on any atom is 0.223 e. The van der Waals surface area contributed by atoms with Crippen LogP contribution in [0.25, 0.3) is 0 Å². The number of carbonyl (C=O) groups excluding carboxylic acids is 1. The number of hydrogen-bond acceptors (Lipinski definition) is 2. The fourth-order valence-corrected chi connectivity index (χ4v) is 3.68. The molecule has 0 saturated carbocycles. The molecule has 1 heterocycles. The molecular weight excluding hydrogens is 290 g/mol. The minimum absolute atomic E-state index is 0.287. The molecule has 0 radical (unpaired) electrons. The Bertz CT molecular complexity index is 626. The molecule has 0 aliphatic carbocycles. The Morgan fingerprint density at radius 3 is 2.55 bits per heavy atom. The summed E-state index contributed by atoms with van der Waals surface area (Å²) in [6.45, 7) is 1.64. The molecule has 3 rings (SSSR count). The standard InChI is InChI=1S/C19H21NOS/c21-19(11-13-22-15-16-6-2-1-3-7-16)20-12-10-17-8-4-5-9-18(17)14-20/h1-9H,10-15H2. The fourth-order valence-electron chi connectivity index (χ4n) is 2.79. The largest absolute Gasteiger partial charge is 0.338 e. The molecule has 0 N–H and O–H groups in total. The highest BCUT2D eigenvalue weighted by Gasteiger charge is 2.19. The molecular formula is C19H21NOS. The quantitative estimate of drug-likeness (QED) is 0.781. The van der Waals surface area contributed by atoms with Gasteiger partial charge in [-0.2, -0.15) is 11.8 Å². The zero-order valence-electron chi connectivity index (χ0n) is 12.7. The number of hydrogen-bond donors (Lipinski definition) is 0. The Hall–Kier alpha value is -1.74. The highest BCUT2D eigenvalue weighted by molar-refractivity contribution is 7.98. The van der Waals surface area contributed by atoms with Crippen molar-refractivity contribution in [1.29, 1.82) is 0 Å². The van der Waals surface area contributed by atoms with Crippen molar-refractivity contribution in [3.8, 4) is 0 Å². The molecule has 1 aliphatic rings. The third-order valence-corrected chi connectivity index (χ3v) is 5.09. The summed E-state index contributed by atoms with van der Waals surface area (Å²) in [6.07, 6.45) is 1.62. The van der Waals surface area contributed by atoms with Gasteiger partial charge in [0.2, 0.25) is 5.91 Å². The molecule has 2 aromatic rings. The monoisotopic (exact) mass is 311 g/mol. The lowest BCUT2D eigenvalue weighted by Crippen LogP contribution is -2.36. The Morgan fingerprint density at radius 2 is 1.73 bits per heavy atom. The minimum Gasteiger partial charge on any atom is -0.338 e. The zero-order chi connectivity index (χ0) is 15.2. The van der Waals surface area contributed by atoms with Crippen LogP contribution in [0.15, 0.2) is 54.6 Å². The van der Waals surface area contributed by atoms with Crippen LogP contribution in [0.4, 0.5) is 0 Å². The summed E-state index contributed by atoms with van der Waals surface area (Å²) in [5.74, 6) is 2.16. The van der Waals surface area contributed by atoms with E-state index in [2.05, 4.69) is 48.5 Å². The molecule has 0 fully saturated rings. The van der Waals surface area contributed by atoms with Gasteiger partial charge in [-0.3, -0.25) is 4.79 Å². The number of amides is 1. The Balaban J connectivity index is 1.43. The van der Waals surface area contributed by atoms with Gasteiger partial charge in [-0.25, -0.2) is 0 Å². The number of thioether (sulfide) groups is 1. The van der Waals surface area contributed by atoms with Gasteiger partial charge in [-0.15, -0.1) is 0 Å². The summed E-state index contributed by atoms with van der Waals surface area (Å²) in [5, 5.41) is 0. The van der Waals surface area contributed by atoms with E-state index in [1.165, 1.54) is 16.7 Å². The van der Waals surface area contributed by atoms with Crippen LogP contribution < -0.4 is 0 Å². The van der Waals surface area contributed by atoms with E-state index in [4.69, 9.17) is 0 Å². The van der Waals surface area contributed by atoms with E-state index in [9.17, 15) is 4.79 Å². The second-order valence-electron chi connectivity index (χ2n) is 5.62. The van der Waals surface area contributed by atoms with Crippen molar-refractivity contribution in [2.24, 2.45) is 0 Å². The van der Waals surface area contributed by atoms with Crippen molar-refractivity contribution in [3.63, 3.8) is 0 Å². The zero-order valence-corrected chi connectivity index (χ0v) is 13.5. The van der Waals surface area contributed by atoms with Gasteiger partial charge in [0.25, 0.3) is 0 Å². The van der Waals surface area contributed by atoms with Crippen molar-refractivity contribution in [1.82, 2.24) is 4.90 Å². The van der Waals surface area contributed by atoms with Crippen LogP contribution >= 0.6 is 11.8 Å². The average molecular weight is 311 g/mol. The smallest absolute Gasteiger partial charge is 0.223 e. The Morgan fingerprint density at radius 1 is 1.00 bits per heavy atom. The van der Waals surface area contributed by atoms with Crippen molar-refractivity contribution in [2.45, 2.75) is 25.1 Å². The van der Waals surface area contributed by atoms with Gasteiger partial charge in [0.15, 0.2) is 0 Å². The van der Waals surface area contributed by atoms with Crippen LogP contribution in [-0.4, -0.2) is 23.1 Å². The molecule has 0 atom stereocenters. The molecule has 0 unspecified atom stereocenters. The first-order chi connectivity index (χ1) is 10.8. The van der Waals surface area contributed by atoms with Crippen LogP contribution in [0.1, 0.15) is 23.1 Å². The summed E-state index contributed by atoms with van der Waals surface area (Å²) < 4.78 is 0. The second-order valence-corrected chi connectivity index (χ2v) is 6.73. The number of fused-ring (bicyclic) bond motifs is 1. The van der Waals surface area contributed by atoms with Crippen molar-refractivity contribution < 1.29 is 4.79 Å². The first-order valence-electron chi connectivity index (χ1n) is 7.79. The van der Waals surface area contributed by atoms with E-state index in [1.54, 1.807) is 0 Å². The molecule has 0 aromatic heterocycles. The maximum absolute atomic E-state index is 12.3. The van der Waals surface area contributed by atoms with E-state index >= 15 is 0 Å². The minimum atomic E-state index is 0.287. The summed E-state index contributed by atoms with van der Waals surface area (Å²) in [6, 6.07) is 18.9. The summed E-state index contributed by atoms with van der Waals surface area (Å²) in [5.41, 5.74) is 4.02. The molecule has 1 aliphatic heterocycles. The predicted octanol–water partition coefficient (Wildman–Crippen LogP) is 3.89. The SMILES string of the molecule is O=C(CCSCc1ccccc1)N1CCc2ccccc2C1. The molecule has 0 spiro atoms. The predicted molar refractivity (Wildman–Crippen MR) is 92.8 cm³/mol. The number of nitrogens with zero attached hydrogens (tertiary/aromatic N) is 1. The van der Waals surface area contributed by atoms with Gasteiger partial charge in [0.1, 0.15) is 0 Å². The maximum atomic E-state index is 12.3. The topological polar surface area (TPSA) is 20.3 Å². The van der Waals surface area contributed by atoms with Gasteiger partial charge in [-0.1, -0.05) is 54.6 Å². The van der Waals surface area contributed by atoms with E-state index in [0.29, 0.717) is 6.42 Å². The summed E-state index contributed by atoms with van der Waals surface area (Å²) in [4.78, 5) is 14.3. The van der Waals surface area contributed by atoms with Crippen molar-refractivity contribution in [2.75, 3.05) is 12.3 Å². The highest BCUT2D eigenvalue weighted by Crippen LogP contribution is 2.20. The third-order valence-electron chi connectivity index (χ3n) is 4.06. The molecule has 2 aromatic carbocycles. The highest BCUT2D eigenvalue weighted by atomic mass is 32.2. The molecule has 3 heteroatoms. The third kappa shape index (κ3) is 3.92. The Kier molecular flexibility index (Phi) is 5.17. The number of rotatable bonds is 5. The van der Waals surface area contributed by atoms with Gasteiger partial charge in [0.05, 0.1) is 0 Å². The van der Waals surface area contributed by atoms with Crippen molar-refractivity contribution >= 4 is 17.7 Å². The van der Waals surface area contributed by atoms with E-state index in [0.717, 1.165) is 31.0 Å². The van der Waals surface area contributed by atoms with Crippen LogP contribution in [0, 0.1) is 0 Å². The second kappa shape index (κ2) is 7.50. The van der Waals surface area contributed by atoms with E-state index in [-0.39, 0.29) is 5.91 Å². The molecule has 22 heavy (non-hydrogen) atoms. The average Bonchev–Trinajstić information content (AvgIpc) is 2.59. The van der Waals surface area contributed by atoms with Gasteiger partial charge >= 0.3 is 0 Å².